The van der Waals surface area contributed by atoms with Gasteiger partial charge in [0.05, 0.1) is 0 Å². The van der Waals surface area contributed by atoms with Crippen molar-refractivity contribution in [2.45, 2.75) is 107 Å². The molecular weight excluding hydrogens is 534 g/mol. The third-order valence-electron chi connectivity index (χ3n) is 5.03. The molecule has 1 aromatic rings. The molecule has 0 spiro atoms. The van der Waals surface area contributed by atoms with Crippen LogP contribution in [-0.4, -0.2) is 36.8 Å². The van der Waals surface area contributed by atoms with Gasteiger partial charge in [0, 0.05) is 0 Å². The van der Waals surface area contributed by atoms with E-state index in [1.807, 2.05) is 5.79 Å². The van der Waals surface area contributed by atoms with E-state index in [9.17, 15) is 0 Å². The molecule has 146 valence electrons. The van der Waals surface area contributed by atoms with Crippen molar-refractivity contribution < 1.29 is 0 Å². The van der Waals surface area contributed by atoms with E-state index in [0.717, 1.165) is 0 Å². The van der Waals surface area contributed by atoms with Gasteiger partial charge in [-0.2, -0.15) is 0 Å². The second-order valence-electron chi connectivity index (χ2n) is 9.90. The zero-order valence-corrected chi connectivity index (χ0v) is 24.8. The van der Waals surface area contributed by atoms with Gasteiger partial charge in [0.1, 0.15) is 0 Å². The average molecular weight is 578 g/mol. The van der Waals surface area contributed by atoms with Crippen molar-refractivity contribution in [3.63, 3.8) is 0 Å². The van der Waals surface area contributed by atoms with Gasteiger partial charge in [-0.05, 0) is 0 Å². The summed E-state index contributed by atoms with van der Waals surface area (Å²) in [7, 11) is 0. The summed E-state index contributed by atoms with van der Waals surface area (Å²) in [5.41, 5.74) is 1.77. The summed E-state index contributed by atoms with van der Waals surface area (Å²) in [4.78, 5) is 15.5. The molecule has 1 aromatic heterocycles. The molecule has 0 atom stereocenters. The van der Waals surface area contributed by atoms with Gasteiger partial charge < -0.3 is 0 Å². The van der Waals surface area contributed by atoms with Crippen molar-refractivity contribution in [1.29, 1.82) is 0 Å². The first-order valence-electron chi connectivity index (χ1n) is 10.8. The fourth-order valence-electron chi connectivity index (χ4n) is 3.42. The number of rotatable bonds is 13. The zero-order valence-electron chi connectivity index (χ0n) is 18.3. The summed E-state index contributed by atoms with van der Waals surface area (Å²) in [6.45, 7) is 2.30. The van der Waals surface area contributed by atoms with Crippen LogP contribution in [0.4, 0.5) is 0 Å². The maximum absolute atomic E-state index is 2.66. The number of aryl methyl sites for hydroxylation is 1. The quantitative estimate of drug-likeness (QED) is 0.170. The Bertz CT molecular complexity index is 477. The predicted molar refractivity (Wildman–Crippen MR) is 126 cm³/mol. The van der Waals surface area contributed by atoms with Crippen LogP contribution in [0.15, 0.2) is 6.07 Å². The predicted octanol–water partition coefficient (Wildman–Crippen LogP) is 7.30. The molecule has 0 aromatic carbocycles. The van der Waals surface area contributed by atoms with Crippen LogP contribution in [0.1, 0.15) is 76.7 Å². The molecule has 0 aliphatic carbocycles. The van der Waals surface area contributed by atoms with Gasteiger partial charge in [0.15, 0.2) is 0 Å². The van der Waals surface area contributed by atoms with Crippen molar-refractivity contribution >= 4 is 53.9 Å². The van der Waals surface area contributed by atoms with Crippen LogP contribution >= 0.6 is 11.3 Å². The van der Waals surface area contributed by atoms with Gasteiger partial charge in [-0.1, -0.05) is 13.3 Å². The Morgan fingerprint density at radius 1 is 0.680 bits per heavy atom. The van der Waals surface area contributed by atoms with Crippen LogP contribution in [0, 0.1) is 0 Å². The Morgan fingerprint density at radius 3 is 1.60 bits per heavy atom. The first kappa shape index (κ1) is 24.3. The maximum atomic E-state index is 2.66. The van der Waals surface area contributed by atoms with Gasteiger partial charge in [0.25, 0.3) is 0 Å². The molecule has 1 rings (SSSR count). The van der Waals surface area contributed by atoms with Crippen LogP contribution in [0.5, 0.6) is 0 Å². The summed E-state index contributed by atoms with van der Waals surface area (Å²) >= 11 is -1.60. The number of hydrogen-bond donors (Lipinski definition) is 0. The minimum absolute atomic E-state index is 1.36. The third kappa shape index (κ3) is 9.87. The van der Waals surface area contributed by atoms with E-state index in [-0.39, 0.29) is 0 Å². The molecule has 0 saturated carbocycles. The van der Waals surface area contributed by atoms with Gasteiger partial charge in [-0.25, -0.2) is 0 Å². The summed E-state index contributed by atoms with van der Waals surface area (Å²) < 4.78 is 3.70. The Balaban J connectivity index is 2.36. The molecule has 0 nitrogen and oxygen atoms in total. The Kier molecular flexibility index (Phi) is 11.7. The van der Waals surface area contributed by atoms with Crippen LogP contribution in [0.2, 0.25) is 29.6 Å². The Hall–Kier alpha value is 1.30. The van der Waals surface area contributed by atoms with E-state index < -0.39 is 36.8 Å². The van der Waals surface area contributed by atoms with Crippen LogP contribution < -0.4 is 5.79 Å². The van der Waals surface area contributed by atoms with E-state index >= 15 is 0 Å². The first-order chi connectivity index (χ1) is 11.7. The molecule has 25 heavy (non-hydrogen) atoms. The van der Waals surface area contributed by atoms with Crippen molar-refractivity contribution in [1.82, 2.24) is 0 Å². The molecule has 0 unspecified atom stereocenters. The summed E-state index contributed by atoms with van der Waals surface area (Å²) in [6.07, 6.45) is 15.8. The molecular formula is C22H44SSn2. The Labute approximate surface area is 171 Å². The second-order valence-corrected chi connectivity index (χ2v) is 41.7. The van der Waals surface area contributed by atoms with Crippen molar-refractivity contribution in [3.05, 3.63) is 11.6 Å². The molecule has 0 aliphatic heterocycles. The second kappa shape index (κ2) is 12.0. The number of thiophene rings is 1. The molecule has 0 radical (unpaired) electrons. The first-order valence-corrected chi connectivity index (χ1v) is 31.6. The molecule has 0 N–H and O–H groups in total. The topological polar surface area (TPSA) is 0 Å². The van der Waals surface area contributed by atoms with E-state index in [2.05, 4.69) is 54.0 Å². The molecule has 0 bridgehead atoms. The zero-order chi connectivity index (χ0) is 18.9. The van der Waals surface area contributed by atoms with Gasteiger partial charge in [0.2, 0.25) is 0 Å². The molecule has 0 amide bonds. The van der Waals surface area contributed by atoms with E-state index in [1.165, 1.54) is 70.6 Å². The van der Waals surface area contributed by atoms with Gasteiger partial charge >= 0.3 is 159 Å². The van der Waals surface area contributed by atoms with Crippen molar-refractivity contribution in [2.24, 2.45) is 0 Å². The van der Waals surface area contributed by atoms with Crippen molar-refractivity contribution in [3.8, 4) is 0 Å². The molecule has 0 saturated heterocycles. The fraction of sp³-hybridized carbons (Fsp3) is 0.818. The van der Waals surface area contributed by atoms with Gasteiger partial charge in [-0.3, -0.25) is 0 Å². The molecule has 0 fully saturated rings. The summed E-state index contributed by atoms with van der Waals surface area (Å²) in [6, 6.07) is 2.66. The third-order valence-corrected chi connectivity index (χ3v) is 25.2. The summed E-state index contributed by atoms with van der Waals surface area (Å²) in [5, 5.41) is 0. The molecule has 3 heteroatoms. The molecule has 1 heterocycles. The number of unbranched alkanes of at least 4 members (excludes halogenated alkanes) is 9. The fourth-order valence-corrected chi connectivity index (χ4v) is 19.3. The van der Waals surface area contributed by atoms with Gasteiger partial charge in [-0.15, -0.1) is 0 Å². The van der Waals surface area contributed by atoms with E-state index in [1.54, 1.807) is 5.56 Å². The standard InChI is InChI=1S/C16H26S.6CH3.2Sn/c1-2-3-4-5-6-7-8-9-10-11-12-16-13-14-17-15-16;;;;;;;;/h13H,2-12H2,1H3;6*1H3;;. The summed E-state index contributed by atoms with van der Waals surface area (Å²) in [5.74, 6) is 0. The monoisotopic (exact) mass is 580 g/mol. The van der Waals surface area contributed by atoms with Crippen LogP contribution in [-0.2, 0) is 6.42 Å². The SMILES string of the molecule is CCCCCCCCCCCCc1c[c]([Sn]([CH3])([CH3])[CH3])s[c]1[Sn]([CH3])([CH3])[CH3]. The van der Waals surface area contributed by atoms with E-state index in [0.29, 0.717) is 0 Å². The minimum atomic E-state index is -1.95. The van der Waals surface area contributed by atoms with E-state index in [4.69, 9.17) is 0 Å². The molecule has 0 aliphatic rings. The average Bonchev–Trinajstić information content (AvgIpc) is 2.94. The Morgan fingerprint density at radius 2 is 1.16 bits per heavy atom. The van der Waals surface area contributed by atoms with Crippen LogP contribution in [0.25, 0.3) is 0 Å². The number of hydrogen-bond acceptors (Lipinski definition) is 1. The van der Waals surface area contributed by atoms with Crippen molar-refractivity contribution in [2.75, 3.05) is 0 Å². The normalized spacial score (nSPS) is 12.8. The van der Waals surface area contributed by atoms with Crippen LogP contribution in [0.3, 0.4) is 0 Å².